The second kappa shape index (κ2) is 16.8. The number of allylic oxidation sites excluding steroid dienone is 1. The largest absolute Gasteiger partial charge is 0.489 e. The number of rotatable bonds is 17. The first-order valence-electron chi connectivity index (χ1n) is 16.3. The van der Waals surface area contributed by atoms with Crippen LogP contribution in [0.2, 0.25) is 5.02 Å². The molecule has 1 aliphatic carbocycles. The molecule has 10 heteroatoms. The second-order valence-electron chi connectivity index (χ2n) is 13.4. The summed E-state index contributed by atoms with van der Waals surface area (Å²) in [5.74, 6) is 0.416. The van der Waals surface area contributed by atoms with Gasteiger partial charge < -0.3 is 25.6 Å². The summed E-state index contributed by atoms with van der Waals surface area (Å²) in [6, 6.07) is 10.8. The van der Waals surface area contributed by atoms with E-state index in [1.165, 1.54) is 0 Å². The van der Waals surface area contributed by atoms with E-state index < -0.39 is 0 Å². The van der Waals surface area contributed by atoms with E-state index in [2.05, 4.69) is 66.5 Å². The first-order chi connectivity index (χ1) is 21.8. The minimum absolute atomic E-state index is 0.0358. The van der Waals surface area contributed by atoms with Crippen molar-refractivity contribution in [2.24, 2.45) is 10.8 Å². The molecule has 1 aromatic heterocycles. The zero-order chi connectivity index (χ0) is 33.9. The molecule has 1 fully saturated rings. The van der Waals surface area contributed by atoms with E-state index in [0.29, 0.717) is 28.4 Å². The number of hydrogen-bond donors (Lipinski definition) is 3. The van der Waals surface area contributed by atoms with Crippen molar-refractivity contribution in [3.63, 3.8) is 0 Å². The summed E-state index contributed by atoms with van der Waals surface area (Å²) in [6.07, 6.45) is 8.07. The van der Waals surface area contributed by atoms with Crippen molar-refractivity contribution >= 4 is 23.4 Å². The number of likely N-dealkylation sites (N-methyl/N-ethyl adjacent to an activating group) is 1. The highest BCUT2D eigenvalue weighted by atomic mass is 35.5. The Morgan fingerprint density at radius 1 is 1.09 bits per heavy atom. The zero-order valence-corrected chi connectivity index (χ0v) is 29.3. The maximum atomic E-state index is 13.2. The van der Waals surface area contributed by atoms with Crippen LogP contribution < -0.4 is 20.7 Å². The van der Waals surface area contributed by atoms with Gasteiger partial charge in [-0.15, -0.1) is 0 Å². The van der Waals surface area contributed by atoms with Gasteiger partial charge in [0, 0.05) is 73.3 Å². The number of pyridine rings is 1. The lowest BCUT2D eigenvalue weighted by Gasteiger charge is -2.63. The first-order valence-corrected chi connectivity index (χ1v) is 16.7. The molecule has 0 saturated heterocycles. The minimum Gasteiger partial charge on any atom is -0.489 e. The van der Waals surface area contributed by atoms with E-state index in [4.69, 9.17) is 21.6 Å². The third kappa shape index (κ3) is 9.70. The molecule has 0 radical (unpaired) electrons. The van der Waals surface area contributed by atoms with Gasteiger partial charge >= 0.3 is 0 Å². The number of carbonyl (C=O) groups excluding carboxylic acids is 2. The molecule has 2 aromatic rings. The number of nitrogens with one attached hydrogen (secondary N) is 3. The monoisotopic (exact) mass is 650 g/mol. The molecular formula is C36H51ClN6O3. The van der Waals surface area contributed by atoms with E-state index in [1.54, 1.807) is 30.5 Å². The zero-order valence-electron chi connectivity index (χ0n) is 28.5. The van der Waals surface area contributed by atoms with Gasteiger partial charge in [-0.05, 0) is 63.4 Å². The Morgan fingerprint density at radius 3 is 2.46 bits per heavy atom. The average molecular weight is 651 g/mol. The Balaban J connectivity index is 1.38. The molecule has 250 valence electrons. The molecule has 3 rings (SSSR count). The van der Waals surface area contributed by atoms with Crippen molar-refractivity contribution < 1.29 is 14.3 Å². The highest BCUT2D eigenvalue weighted by Gasteiger charge is 2.64. The lowest BCUT2D eigenvalue weighted by molar-refractivity contribution is -0.164. The Labute approximate surface area is 280 Å². The molecule has 0 atom stereocenters. The summed E-state index contributed by atoms with van der Waals surface area (Å²) in [5, 5.41) is 19.1. The average Bonchev–Trinajstić information content (AvgIpc) is 3.02. The van der Waals surface area contributed by atoms with Gasteiger partial charge in [-0.1, -0.05) is 52.6 Å². The van der Waals surface area contributed by atoms with E-state index in [-0.39, 0.29) is 34.8 Å². The standard InChI is InChI=1S/C36H51ClN6O3/c1-8-9-18-40-31(44)21-25(2)43(7)20-19-39-17-11-10-12-28-15-13-27(24-41-28)32(45)42-33-35(3,4)34(36(33,5)6)46-29-16-14-26(23-38)30(37)22-29/h13-16,21-22,24,33-34,39H,8-12,17-20H2,1-7H3,(H,40,44)(H,42,45)/b25-21+. The predicted molar refractivity (Wildman–Crippen MR) is 184 cm³/mol. The van der Waals surface area contributed by atoms with E-state index in [1.807, 2.05) is 26.1 Å². The molecule has 1 aromatic carbocycles. The van der Waals surface area contributed by atoms with Crippen molar-refractivity contribution in [3.05, 3.63) is 70.1 Å². The maximum Gasteiger partial charge on any atom is 0.253 e. The quantitative estimate of drug-likeness (QED) is 0.144. The van der Waals surface area contributed by atoms with Crippen molar-refractivity contribution in [2.45, 2.75) is 85.8 Å². The van der Waals surface area contributed by atoms with E-state index in [0.717, 1.165) is 63.1 Å². The van der Waals surface area contributed by atoms with Crippen molar-refractivity contribution in [1.29, 1.82) is 5.26 Å². The molecule has 0 aliphatic heterocycles. The number of nitriles is 1. The van der Waals surface area contributed by atoms with Crippen LogP contribution >= 0.6 is 11.6 Å². The summed E-state index contributed by atoms with van der Waals surface area (Å²) in [5.41, 5.74) is 2.18. The fourth-order valence-electron chi connectivity index (χ4n) is 6.36. The smallest absolute Gasteiger partial charge is 0.253 e. The molecule has 0 bridgehead atoms. The topological polar surface area (TPSA) is 119 Å². The van der Waals surface area contributed by atoms with Crippen LogP contribution in [0.15, 0.2) is 48.3 Å². The number of unbranched alkanes of at least 4 members (excludes halogenated alkanes) is 2. The van der Waals surface area contributed by atoms with Crippen molar-refractivity contribution in [3.8, 4) is 11.8 Å². The van der Waals surface area contributed by atoms with Crippen LogP contribution in [-0.2, 0) is 11.2 Å². The van der Waals surface area contributed by atoms with Gasteiger partial charge in [0.1, 0.15) is 17.9 Å². The first kappa shape index (κ1) is 36.9. The summed E-state index contributed by atoms with van der Waals surface area (Å²) >= 11 is 6.21. The molecule has 1 aliphatic rings. The molecule has 1 saturated carbocycles. The number of halogens is 1. The number of benzene rings is 1. The molecule has 0 unspecified atom stereocenters. The second-order valence-corrected chi connectivity index (χ2v) is 13.8. The van der Waals surface area contributed by atoms with Crippen molar-refractivity contribution in [2.75, 3.05) is 33.2 Å². The molecule has 2 amide bonds. The van der Waals surface area contributed by atoms with Crippen LogP contribution in [0.5, 0.6) is 5.75 Å². The normalized spacial score (nSPS) is 18.2. The summed E-state index contributed by atoms with van der Waals surface area (Å²) in [4.78, 5) is 31.8. The summed E-state index contributed by atoms with van der Waals surface area (Å²) in [7, 11) is 2.00. The number of hydrogen-bond acceptors (Lipinski definition) is 7. The van der Waals surface area contributed by atoms with Gasteiger partial charge in [0.2, 0.25) is 5.91 Å². The maximum absolute atomic E-state index is 13.2. The van der Waals surface area contributed by atoms with Crippen LogP contribution in [0.1, 0.15) is 88.8 Å². The van der Waals surface area contributed by atoms with Gasteiger partial charge in [-0.25, -0.2) is 0 Å². The third-order valence-corrected chi connectivity index (χ3v) is 9.26. The highest BCUT2D eigenvalue weighted by Crippen LogP contribution is 2.55. The van der Waals surface area contributed by atoms with Gasteiger partial charge in [-0.2, -0.15) is 5.26 Å². The van der Waals surface area contributed by atoms with Gasteiger partial charge in [-0.3, -0.25) is 14.6 Å². The van der Waals surface area contributed by atoms with Crippen LogP contribution in [0.3, 0.4) is 0 Å². The van der Waals surface area contributed by atoms with Crippen molar-refractivity contribution in [1.82, 2.24) is 25.8 Å². The third-order valence-electron chi connectivity index (χ3n) is 8.95. The van der Waals surface area contributed by atoms with Gasteiger partial charge in [0.25, 0.3) is 5.91 Å². The summed E-state index contributed by atoms with van der Waals surface area (Å²) in [6.45, 7) is 15.7. The number of nitrogens with zero attached hydrogens (tertiary/aromatic N) is 3. The lowest BCUT2D eigenvalue weighted by atomic mass is 9.49. The fourth-order valence-corrected chi connectivity index (χ4v) is 6.57. The van der Waals surface area contributed by atoms with Gasteiger partial charge in [0.05, 0.1) is 16.1 Å². The Kier molecular flexibility index (Phi) is 13.5. The number of aryl methyl sites for hydroxylation is 1. The fraction of sp³-hybridized carbons (Fsp3) is 0.556. The SMILES string of the molecule is CCCCNC(=O)/C=C(\C)N(C)CCNCCCCc1ccc(C(=O)NC2C(C)(C)C(Oc3ccc(C#N)c(Cl)c3)C2(C)C)cn1. The van der Waals surface area contributed by atoms with Crippen LogP contribution in [-0.4, -0.2) is 67.1 Å². The molecule has 9 nitrogen and oxygen atoms in total. The lowest BCUT2D eigenvalue weighted by Crippen LogP contribution is -2.74. The summed E-state index contributed by atoms with van der Waals surface area (Å²) < 4.78 is 6.33. The Hall–Kier alpha value is -3.61. The van der Waals surface area contributed by atoms with Crippen LogP contribution in [0, 0.1) is 22.2 Å². The molecule has 1 heterocycles. The molecule has 0 spiro atoms. The highest BCUT2D eigenvalue weighted by molar-refractivity contribution is 6.31. The van der Waals surface area contributed by atoms with Crippen LogP contribution in [0.25, 0.3) is 0 Å². The predicted octanol–water partition coefficient (Wildman–Crippen LogP) is 5.88. The van der Waals surface area contributed by atoms with E-state index >= 15 is 0 Å². The molecule has 3 N–H and O–H groups in total. The number of carbonyl (C=O) groups is 2. The Bertz CT molecular complexity index is 1380. The minimum atomic E-state index is -0.337. The van der Waals surface area contributed by atoms with Crippen LogP contribution in [0.4, 0.5) is 0 Å². The molecule has 46 heavy (non-hydrogen) atoms. The molecular weight excluding hydrogens is 600 g/mol. The van der Waals surface area contributed by atoms with Gasteiger partial charge in [0.15, 0.2) is 0 Å². The number of amides is 2. The number of aromatic nitrogens is 1. The van der Waals surface area contributed by atoms with E-state index in [9.17, 15) is 9.59 Å². The number of ether oxygens (including phenoxy) is 1. The Morgan fingerprint density at radius 2 is 1.83 bits per heavy atom.